The summed E-state index contributed by atoms with van der Waals surface area (Å²) in [6.45, 7) is 3.70. The molecule has 1 atom stereocenters. The Kier molecular flexibility index (Phi) is 4.68. The Bertz CT molecular complexity index is 668. The van der Waals surface area contributed by atoms with Gasteiger partial charge in [0, 0.05) is 18.0 Å². The first kappa shape index (κ1) is 16.0. The smallest absolute Gasteiger partial charge is 0.153 e. The summed E-state index contributed by atoms with van der Waals surface area (Å²) in [7, 11) is 0. The number of β-amino-alcohol motifs (C(OH)–C–C–N with tert-alkyl or cyclic N) is 1. The number of nitrogens with zero attached hydrogens (tertiary/aromatic N) is 3. The first-order valence-electron chi connectivity index (χ1n) is 7.77. The molecule has 2 heterocycles. The number of aliphatic hydroxyl groups excluding tert-OH is 1. The van der Waals surface area contributed by atoms with Gasteiger partial charge in [0.25, 0.3) is 0 Å². The van der Waals surface area contributed by atoms with E-state index in [2.05, 4.69) is 20.1 Å². The number of halogens is 2. The third-order valence-corrected chi connectivity index (χ3v) is 4.32. The van der Waals surface area contributed by atoms with Gasteiger partial charge in [-0.05, 0) is 51.1 Å². The van der Waals surface area contributed by atoms with Gasteiger partial charge in [0.2, 0.25) is 0 Å². The number of hydrogen-bond donors (Lipinski definition) is 2. The van der Waals surface area contributed by atoms with Crippen LogP contribution in [0.5, 0.6) is 0 Å². The van der Waals surface area contributed by atoms with Crippen LogP contribution in [0.15, 0.2) is 18.2 Å². The van der Waals surface area contributed by atoms with E-state index in [0.717, 1.165) is 55.8 Å². The van der Waals surface area contributed by atoms with Crippen molar-refractivity contribution < 1.29 is 13.9 Å². The predicted molar refractivity (Wildman–Crippen MR) is 80.9 cm³/mol. The Labute approximate surface area is 133 Å². The maximum atomic E-state index is 13.7. The van der Waals surface area contributed by atoms with E-state index in [9.17, 15) is 13.9 Å². The summed E-state index contributed by atoms with van der Waals surface area (Å²) in [6.07, 6.45) is 0.735. The number of piperidine rings is 1. The monoisotopic (exact) mass is 322 g/mol. The fraction of sp³-hybridized carbons (Fsp3) is 0.500. The molecule has 1 saturated heterocycles. The van der Waals surface area contributed by atoms with E-state index in [1.165, 1.54) is 0 Å². The van der Waals surface area contributed by atoms with Gasteiger partial charge >= 0.3 is 0 Å². The topological polar surface area (TPSA) is 65.0 Å². The van der Waals surface area contributed by atoms with Crippen molar-refractivity contribution >= 4 is 0 Å². The molecule has 2 N–H and O–H groups in total. The summed E-state index contributed by atoms with van der Waals surface area (Å²) in [5.74, 6) is 0.821. The average Bonchev–Trinajstić information content (AvgIpc) is 2.97. The van der Waals surface area contributed by atoms with Crippen molar-refractivity contribution in [3.63, 3.8) is 0 Å². The van der Waals surface area contributed by atoms with E-state index < -0.39 is 17.7 Å². The van der Waals surface area contributed by atoms with Crippen LogP contribution in [-0.4, -0.2) is 44.8 Å². The van der Waals surface area contributed by atoms with Crippen LogP contribution >= 0.6 is 0 Å². The van der Waals surface area contributed by atoms with Crippen LogP contribution < -0.4 is 0 Å². The van der Waals surface area contributed by atoms with Crippen molar-refractivity contribution in [1.82, 2.24) is 20.1 Å². The second kappa shape index (κ2) is 6.72. The summed E-state index contributed by atoms with van der Waals surface area (Å²) >= 11 is 0. The van der Waals surface area contributed by atoms with E-state index in [1.807, 2.05) is 6.92 Å². The molecular weight excluding hydrogens is 302 g/mol. The van der Waals surface area contributed by atoms with Gasteiger partial charge < -0.3 is 10.0 Å². The Hall–Kier alpha value is -1.86. The molecule has 23 heavy (non-hydrogen) atoms. The zero-order valence-electron chi connectivity index (χ0n) is 13.0. The summed E-state index contributed by atoms with van der Waals surface area (Å²) < 4.78 is 26.9. The number of aryl methyl sites for hydroxylation is 1. The van der Waals surface area contributed by atoms with Crippen LogP contribution in [0.1, 0.15) is 42.1 Å². The van der Waals surface area contributed by atoms with E-state index in [0.29, 0.717) is 12.5 Å². The van der Waals surface area contributed by atoms with Gasteiger partial charge in [-0.1, -0.05) is 0 Å². The zero-order chi connectivity index (χ0) is 16.4. The molecule has 1 aromatic heterocycles. The van der Waals surface area contributed by atoms with E-state index in [1.54, 1.807) is 0 Å². The molecule has 0 amide bonds. The second-order valence-corrected chi connectivity index (χ2v) is 6.04. The predicted octanol–water partition coefficient (Wildman–Crippen LogP) is 2.30. The molecule has 1 unspecified atom stereocenters. The zero-order valence-corrected chi connectivity index (χ0v) is 13.0. The number of likely N-dealkylation sites (tertiary alicyclic amines) is 1. The van der Waals surface area contributed by atoms with Gasteiger partial charge in [0.05, 0.1) is 6.10 Å². The molecule has 1 fully saturated rings. The Morgan fingerprint density at radius 2 is 2.09 bits per heavy atom. The molecule has 0 radical (unpaired) electrons. The van der Waals surface area contributed by atoms with Gasteiger partial charge in [-0.3, -0.25) is 5.10 Å². The first-order chi connectivity index (χ1) is 11.0. The van der Waals surface area contributed by atoms with E-state index in [4.69, 9.17) is 0 Å². The van der Waals surface area contributed by atoms with Crippen LogP contribution in [0.3, 0.4) is 0 Å². The third-order valence-electron chi connectivity index (χ3n) is 4.32. The minimum absolute atomic E-state index is 0.0108. The minimum Gasteiger partial charge on any atom is -0.387 e. The first-order valence-corrected chi connectivity index (χ1v) is 7.77. The fourth-order valence-electron chi connectivity index (χ4n) is 3.03. The lowest BCUT2D eigenvalue weighted by Gasteiger charge is -2.32. The van der Waals surface area contributed by atoms with Gasteiger partial charge in [-0.15, -0.1) is 0 Å². The molecule has 1 aliphatic heterocycles. The number of rotatable bonds is 4. The van der Waals surface area contributed by atoms with Crippen molar-refractivity contribution in [2.75, 3.05) is 19.6 Å². The number of aromatic nitrogens is 3. The lowest BCUT2D eigenvalue weighted by atomic mass is 9.95. The molecule has 7 heteroatoms. The van der Waals surface area contributed by atoms with Crippen molar-refractivity contribution in [1.29, 1.82) is 0 Å². The molecular formula is C16H20F2N4O. The number of aromatic amines is 1. The van der Waals surface area contributed by atoms with Crippen LogP contribution in [0, 0.1) is 18.6 Å². The highest BCUT2D eigenvalue weighted by molar-refractivity contribution is 5.21. The molecule has 2 aromatic rings. The van der Waals surface area contributed by atoms with Gasteiger partial charge in [-0.2, -0.15) is 5.10 Å². The SMILES string of the molecule is Cc1nc(C2CCN(CC(O)c3cc(F)ccc3F)CC2)n[nH]1. The average molecular weight is 322 g/mol. The summed E-state index contributed by atoms with van der Waals surface area (Å²) in [4.78, 5) is 6.42. The molecule has 0 spiro atoms. The molecule has 0 saturated carbocycles. The minimum atomic E-state index is -1.03. The highest BCUT2D eigenvalue weighted by atomic mass is 19.1. The molecule has 124 valence electrons. The van der Waals surface area contributed by atoms with Crippen LogP contribution in [-0.2, 0) is 0 Å². The van der Waals surface area contributed by atoms with Gasteiger partial charge in [0.1, 0.15) is 17.5 Å². The van der Waals surface area contributed by atoms with Crippen molar-refractivity contribution in [3.8, 4) is 0 Å². The van der Waals surface area contributed by atoms with Crippen LogP contribution in [0.2, 0.25) is 0 Å². The molecule has 1 aromatic carbocycles. The van der Waals surface area contributed by atoms with Crippen LogP contribution in [0.25, 0.3) is 0 Å². The van der Waals surface area contributed by atoms with E-state index >= 15 is 0 Å². The standard InChI is InChI=1S/C16H20F2N4O/c1-10-19-16(21-20-10)11-4-6-22(7-5-11)9-15(23)13-8-12(17)2-3-14(13)18/h2-3,8,11,15,23H,4-7,9H2,1H3,(H,19,20,21). The summed E-state index contributed by atoms with van der Waals surface area (Å²) in [5, 5.41) is 17.2. The maximum absolute atomic E-state index is 13.7. The van der Waals surface area contributed by atoms with Crippen molar-refractivity contribution in [2.45, 2.75) is 31.8 Å². The molecule has 3 rings (SSSR count). The Balaban J connectivity index is 1.57. The third kappa shape index (κ3) is 3.73. The second-order valence-electron chi connectivity index (χ2n) is 6.04. The number of benzene rings is 1. The maximum Gasteiger partial charge on any atom is 0.153 e. The number of aliphatic hydroxyl groups is 1. The van der Waals surface area contributed by atoms with Crippen molar-refractivity contribution in [2.24, 2.45) is 0 Å². The lowest BCUT2D eigenvalue weighted by Crippen LogP contribution is -2.36. The van der Waals surface area contributed by atoms with Gasteiger partial charge in [-0.25, -0.2) is 13.8 Å². The fourth-order valence-corrected chi connectivity index (χ4v) is 3.03. The van der Waals surface area contributed by atoms with Crippen LogP contribution in [0.4, 0.5) is 8.78 Å². The molecule has 5 nitrogen and oxygen atoms in total. The molecule has 0 bridgehead atoms. The largest absolute Gasteiger partial charge is 0.387 e. The van der Waals surface area contributed by atoms with Crippen molar-refractivity contribution in [3.05, 3.63) is 47.0 Å². The van der Waals surface area contributed by atoms with E-state index in [-0.39, 0.29) is 5.56 Å². The molecule has 1 aliphatic rings. The lowest BCUT2D eigenvalue weighted by molar-refractivity contribution is 0.0939. The summed E-state index contributed by atoms with van der Waals surface area (Å²) in [6, 6.07) is 3.16. The Morgan fingerprint density at radius 1 is 1.35 bits per heavy atom. The highest BCUT2D eigenvalue weighted by Crippen LogP contribution is 2.27. The summed E-state index contributed by atoms with van der Waals surface area (Å²) in [5.41, 5.74) is 0.0108. The number of hydrogen-bond acceptors (Lipinski definition) is 4. The normalized spacial score (nSPS) is 18.3. The quantitative estimate of drug-likeness (QED) is 0.906. The number of H-pyrrole nitrogens is 1. The number of nitrogens with one attached hydrogen (secondary N) is 1. The molecule has 0 aliphatic carbocycles. The Morgan fingerprint density at radius 3 is 2.74 bits per heavy atom. The van der Waals surface area contributed by atoms with Gasteiger partial charge in [0.15, 0.2) is 5.82 Å². The highest BCUT2D eigenvalue weighted by Gasteiger charge is 2.25.